The average Bonchev–Trinajstić information content (AvgIpc) is 3.45. The third-order valence-corrected chi connectivity index (χ3v) is 10.4. The Kier molecular flexibility index (Phi) is 5.54. The number of nitrogens with two attached hydrogens (primary N) is 1. The average molecular weight is 460 g/mol. The minimum absolute atomic E-state index is 0.0285. The Bertz CT molecular complexity index is 957. The summed E-state index contributed by atoms with van der Waals surface area (Å²) in [5.74, 6) is 1.51. The summed E-state index contributed by atoms with van der Waals surface area (Å²) in [4.78, 5) is 20.7. The van der Waals surface area contributed by atoms with Crippen LogP contribution in [0, 0.1) is 28.6 Å². The minimum atomic E-state index is -0.968. The van der Waals surface area contributed by atoms with E-state index in [1.165, 1.54) is 37.7 Å². The molecule has 1 aliphatic heterocycles. The van der Waals surface area contributed by atoms with E-state index >= 15 is 0 Å². The number of hydrogen-bond acceptors (Lipinski definition) is 6. The molecule has 6 rings (SSSR count). The number of carboxylic acids is 1. The number of ether oxygens (including phenoxy) is 1. The molecule has 4 aliphatic carbocycles. The van der Waals surface area contributed by atoms with E-state index in [-0.39, 0.29) is 29.3 Å². The smallest absolute Gasteiger partial charge is 0.335 e. The van der Waals surface area contributed by atoms with E-state index < -0.39 is 5.97 Å². The lowest BCUT2D eigenvalue weighted by molar-refractivity contribution is -0.139. The van der Waals surface area contributed by atoms with Gasteiger partial charge in [0.25, 0.3) is 0 Å². The number of aliphatic hydroxyl groups excluding tert-OH is 1. The van der Waals surface area contributed by atoms with Gasteiger partial charge in [-0.15, -0.1) is 0 Å². The Morgan fingerprint density at radius 3 is 2.55 bits per heavy atom. The quantitative estimate of drug-likeness (QED) is 0.579. The van der Waals surface area contributed by atoms with Gasteiger partial charge in [-0.25, -0.2) is 4.79 Å². The zero-order valence-electron chi connectivity index (χ0n) is 19.7. The van der Waals surface area contributed by atoms with Gasteiger partial charge in [-0.3, -0.25) is 4.79 Å². The topological polar surface area (TPSA) is 126 Å². The highest BCUT2D eigenvalue weighted by Gasteiger charge is 2.80. The van der Waals surface area contributed by atoms with Gasteiger partial charge in [0.15, 0.2) is 0 Å². The lowest BCUT2D eigenvalue weighted by Gasteiger charge is -2.61. The number of carboxylic acid groups (broad SMARTS) is 1. The highest BCUT2D eigenvalue weighted by atomic mass is 16.6. The van der Waals surface area contributed by atoms with E-state index in [4.69, 9.17) is 14.3 Å². The van der Waals surface area contributed by atoms with Crippen LogP contribution in [0.25, 0.3) is 0 Å². The first-order valence-corrected chi connectivity index (χ1v) is 12.5. The van der Waals surface area contributed by atoms with Gasteiger partial charge in [0.05, 0.1) is 25.0 Å². The van der Waals surface area contributed by atoms with Crippen LogP contribution >= 0.6 is 0 Å². The molecule has 0 unspecified atom stereocenters. The van der Waals surface area contributed by atoms with Crippen LogP contribution in [0.2, 0.25) is 0 Å². The number of fused-ring (bicyclic) bond motifs is 3. The van der Waals surface area contributed by atoms with Gasteiger partial charge in [-0.05, 0) is 92.1 Å². The summed E-state index contributed by atoms with van der Waals surface area (Å²) < 4.78 is 11.8. The molecular weight excluding hydrogens is 422 g/mol. The van der Waals surface area contributed by atoms with Crippen LogP contribution in [-0.4, -0.2) is 40.5 Å². The molecule has 5 fully saturated rings. The molecule has 9 atom stereocenters. The highest BCUT2D eigenvalue weighted by molar-refractivity contribution is 5.68. The summed E-state index contributed by atoms with van der Waals surface area (Å²) >= 11 is 0. The number of aliphatic carboxylic acids is 1. The van der Waals surface area contributed by atoms with E-state index in [0.717, 1.165) is 25.2 Å². The second-order valence-corrected chi connectivity index (χ2v) is 11.6. The van der Waals surface area contributed by atoms with Crippen molar-refractivity contribution in [2.45, 2.75) is 88.9 Å². The number of rotatable bonds is 2. The van der Waals surface area contributed by atoms with E-state index in [9.17, 15) is 14.7 Å². The fraction of sp³-hybridized carbons (Fsp3) is 0.769. The molecule has 0 radical (unpaired) electrons. The van der Waals surface area contributed by atoms with Crippen molar-refractivity contribution < 1.29 is 24.2 Å². The molecule has 2 heterocycles. The van der Waals surface area contributed by atoms with E-state index in [1.807, 2.05) is 6.07 Å². The molecule has 182 valence electrons. The SMILES string of the molecule is C[C@]12CC[C@H](O)C[C@H]1CC[C@@H]1[C@@H]2CC[C@]2(C)[C@@H](c3ccc(=O)oc3)C[C@H]3O[C@]132.NCC(=O)O. The van der Waals surface area contributed by atoms with E-state index in [2.05, 4.69) is 19.6 Å². The normalized spacial score (nSPS) is 47.2. The largest absolute Gasteiger partial charge is 0.480 e. The van der Waals surface area contributed by atoms with Gasteiger partial charge in [0.1, 0.15) is 5.60 Å². The van der Waals surface area contributed by atoms with Crippen molar-refractivity contribution in [3.05, 3.63) is 34.4 Å². The second kappa shape index (κ2) is 7.92. The minimum Gasteiger partial charge on any atom is -0.480 e. The number of hydrogen-bond donors (Lipinski definition) is 3. The molecule has 0 amide bonds. The maximum absolute atomic E-state index is 11.4. The molecule has 5 aliphatic rings. The molecule has 4 saturated carbocycles. The number of epoxide rings is 1. The fourth-order valence-corrected chi connectivity index (χ4v) is 8.74. The molecule has 1 saturated heterocycles. The predicted octanol–water partition coefficient (Wildman–Crippen LogP) is 3.29. The summed E-state index contributed by atoms with van der Waals surface area (Å²) in [6.07, 6.45) is 11.1. The van der Waals surface area contributed by atoms with Crippen molar-refractivity contribution in [2.75, 3.05) is 6.54 Å². The van der Waals surface area contributed by atoms with Gasteiger partial charge in [0.2, 0.25) is 0 Å². The van der Waals surface area contributed by atoms with Crippen molar-refractivity contribution in [1.82, 2.24) is 0 Å². The van der Waals surface area contributed by atoms with Crippen LogP contribution in [0.1, 0.15) is 76.7 Å². The number of carbonyl (C=O) groups is 1. The fourth-order valence-electron chi connectivity index (χ4n) is 8.74. The van der Waals surface area contributed by atoms with Gasteiger partial charge in [0, 0.05) is 11.5 Å². The third kappa shape index (κ3) is 3.34. The molecule has 1 aromatic rings. The van der Waals surface area contributed by atoms with Crippen LogP contribution < -0.4 is 11.4 Å². The molecule has 33 heavy (non-hydrogen) atoms. The van der Waals surface area contributed by atoms with E-state index in [1.54, 1.807) is 12.3 Å². The van der Waals surface area contributed by atoms with Crippen molar-refractivity contribution in [3.8, 4) is 0 Å². The standard InChI is InChI=1S/C24H32O4.C2H5NO2/c1-22-9-7-16(25)11-15(22)4-5-18-17(22)8-10-23(2)19(12-20-24(18,23)28-20)14-3-6-21(26)27-13-14;3-1-2(4)5/h3,6,13,15-20,25H,4-5,7-12H2,1-2H3;1,3H2,(H,4,5)/t15-,16+,17+,18-,19-,20-,22+,23-,24-;/m1./s1. The molecule has 1 aromatic heterocycles. The summed E-state index contributed by atoms with van der Waals surface area (Å²) in [5, 5.41) is 17.8. The Morgan fingerprint density at radius 2 is 1.88 bits per heavy atom. The lowest BCUT2D eigenvalue weighted by atomic mass is 9.44. The monoisotopic (exact) mass is 459 g/mol. The molecular formula is C26H37NO6. The maximum atomic E-state index is 11.4. The van der Waals surface area contributed by atoms with Crippen molar-refractivity contribution in [3.63, 3.8) is 0 Å². The zero-order valence-corrected chi connectivity index (χ0v) is 19.7. The van der Waals surface area contributed by atoms with Crippen LogP contribution in [0.3, 0.4) is 0 Å². The Balaban J connectivity index is 0.000000416. The molecule has 0 aromatic carbocycles. The molecule has 0 bridgehead atoms. The molecule has 7 nitrogen and oxygen atoms in total. The first kappa shape index (κ1) is 23.1. The maximum Gasteiger partial charge on any atom is 0.335 e. The predicted molar refractivity (Wildman–Crippen MR) is 122 cm³/mol. The van der Waals surface area contributed by atoms with Crippen LogP contribution in [0.4, 0.5) is 0 Å². The summed E-state index contributed by atoms with van der Waals surface area (Å²) in [6.45, 7) is 4.69. The van der Waals surface area contributed by atoms with E-state index in [0.29, 0.717) is 29.3 Å². The Labute approximate surface area is 194 Å². The van der Waals surface area contributed by atoms with Gasteiger partial charge in [-0.1, -0.05) is 13.8 Å². The summed E-state index contributed by atoms with van der Waals surface area (Å²) in [6, 6.07) is 3.55. The van der Waals surface area contributed by atoms with Gasteiger partial charge >= 0.3 is 11.6 Å². The third-order valence-electron chi connectivity index (χ3n) is 10.4. The zero-order chi connectivity index (χ0) is 23.6. The first-order chi connectivity index (χ1) is 15.7. The molecule has 4 N–H and O–H groups in total. The first-order valence-electron chi connectivity index (χ1n) is 12.5. The van der Waals surface area contributed by atoms with Gasteiger partial charge in [-0.2, -0.15) is 0 Å². The Hall–Kier alpha value is -1.70. The molecule has 7 heteroatoms. The van der Waals surface area contributed by atoms with Gasteiger partial charge < -0.3 is 25.1 Å². The summed E-state index contributed by atoms with van der Waals surface area (Å²) in [7, 11) is 0. The van der Waals surface area contributed by atoms with Crippen LogP contribution in [0.15, 0.2) is 27.6 Å². The van der Waals surface area contributed by atoms with Crippen LogP contribution in [-0.2, 0) is 9.53 Å². The van der Waals surface area contributed by atoms with Crippen molar-refractivity contribution in [2.24, 2.45) is 34.3 Å². The second-order valence-electron chi connectivity index (χ2n) is 11.6. The Morgan fingerprint density at radius 1 is 1.12 bits per heavy atom. The van der Waals surface area contributed by atoms with Crippen molar-refractivity contribution >= 4 is 5.97 Å². The number of aliphatic hydroxyl groups is 1. The lowest BCUT2D eigenvalue weighted by Crippen LogP contribution is -2.58. The van der Waals surface area contributed by atoms with Crippen molar-refractivity contribution in [1.29, 1.82) is 0 Å². The van der Waals surface area contributed by atoms with Crippen LogP contribution in [0.5, 0.6) is 0 Å². The molecule has 1 spiro atoms. The summed E-state index contributed by atoms with van der Waals surface area (Å²) in [5.41, 5.74) is 6.01. The highest BCUT2D eigenvalue weighted by Crippen LogP contribution is 2.77.